The van der Waals surface area contributed by atoms with E-state index < -0.39 is 11.9 Å². The molecule has 1 aromatic rings. The van der Waals surface area contributed by atoms with Crippen molar-refractivity contribution in [1.29, 1.82) is 0 Å². The first-order valence-corrected chi connectivity index (χ1v) is 6.43. The summed E-state index contributed by atoms with van der Waals surface area (Å²) in [5.74, 6) is -0.496. The van der Waals surface area contributed by atoms with Crippen LogP contribution in [0.25, 0.3) is 0 Å². The van der Waals surface area contributed by atoms with Crippen LogP contribution in [0, 0.1) is 5.82 Å². The molecule has 0 spiro atoms. The average Bonchev–Trinajstić information content (AvgIpc) is 2.59. The second-order valence-corrected chi connectivity index (χ2v) is 4.95. The minimum atomic E-state index is -0.476. The van der Waals surface area contributed by atoms with E-state index in [0.29, 0.717) is 12.1 Å². The largest absolute Gasteiger partial charge is 0.334 e. The highest BCUT2D eigenvalue weighted by molar-refractivity contribution is 6.30. The third-order valence-electron chi connectivity index (χ3n) is 3.24. The lowest BCUT2D eigenvalue weighted by atomic mass is 10.00. The Kier molecular flexibility index (Phi) is 3.88. The van der Waals surface area contributed by atoms with E-state index in [1.54, 1.807) is 17.0 Å². The SMILES string of the molecule is CCCN1C(=O)CC(N)C1c1cccc(Cl)c1F. The van der Waals surface area contributed by atoms with Crippen LogP contribution in [-0.4, -0.2) is 23.4 Å². The van der Waals surface area contributed by atoms with E-state index in [4.69, 9.17) is 17.3 Å². The van der Waals surface area contributed by atoms with Crippen molar-refractivity contribution in [2.24, 2.45) is 5.73 Å². The van der Waals surface area contributed by atoms with Crippen molar-refractivity contribution in [3.8, 4) is 0 Å². The van der Waals surface area contributed by atoms with Gasteiger partial charge in [0.2, 0.25) is 5.91 Å². The highest BCUT2D eigenvalue weighted by atomic mass is 35.5. The fourth-order valence-electron chi connectivity index (χ4n) is 2.47. The standard InChI is InChI=1S/C13H16ClFN2O/c1-2-6-17-11(18)7-10(16)13(17)8-4-3-5-9(14)12(8)15/h3-5,10,13H,2,6-7,16H2,1H3. The second-order valence-electron chi connectivity index (χ2n) is 4.54. The molecule has 1 heterocycles. The van der Waals surface area contributed by atoms with Crippen molar-refractivity contribution in [3.63, 3.8) is 0 Å². The van der Waals surface area contributed by atoms with E-state index in [-0.39, 0.29) is 23.4 Å². The van der Waals surface area contributed by atoms with E-state index in [1.807, 2.05) is 6.92 Å². The summed E-state index contributed by atoms with van der Waals surface area (Å²) in [6.45, 7) is 2.56. The number of amides is 1. The van der Waals surface area contributed by atoms with Crippen LogP contribution in [0.1, 0.15) is 31.4 Å². The summed E-state index contributed by atoms with van der Waals surface area (Å²) < 4.78 is 14.0. The number of benzene rings is 1. The van der Waals surface area contributed by atoms with Gasteiger partial charge in [-0.1, -0.05) is 30.7 Å². The predicted octanol–water partition coefficient (Wildman–Crippen LogP) is 2.49. The van der Waals surface area contributed by atoms with Gasteiger partial charge < -0.3 is 10.6 Å². The van der Waals surface area contributed by atoms with Crippen LogP contribution in [0.4, 0.5) is 4.39 Å². The number of hydrogen-bond acceptors (Lipinski definition) is 2. The third-order valence-corrected chi connectivity index (χ3v) is 3.53. The lowest BCUT2D eigenvalue weighted by molar-refractivity contribution is -0.129. The molecule has 0 bridgehead atoms. The van der Waals surface area contributed by atoms with Gasteiger partial charge in [-0.05, 0) is 12.5 Å². The zero-order valence-electron chi connectivity index (χ0n) is 10.2. The molecule has 2 atom stereocenters. The molecule has 0 aliphatic carbocycles. The maximum absolute atomic E-state index is 14.0. The number of carbonyl (C=O) groups excluding carboxylic acids is 1. The maximum atomic E-state index is 14.0. The Morgan fingerprint density at radius 2 is 2.28 bits per heavy atom. The van der Waals surface area contributed by atoms with Crippen molar-refractivity contribution in [2.75, 3.05) is 6.54 Å². The second kappa shape index (κ2) is 5.24. The molecular formula is C13H16ClFN2O. The Labute approximate surface area is 111 Å². The molecule has 1 amide bonds. The zero-order chi connectivity index (χ0) is 13.3. The number of hydrogen-bond donors (Lipinski definition) is 1. The van der Waals surface area contributed by atoms with Crippen LogP contribution >= 0.6 is 11.6 Å². The van der Waals surface area contributed by atoms with Crippen LogP contribution in [0.2, 0.25) is 5.02 Å². The number of carbonyl (C=O) groups is 1. The van der Waals surface area contributed by atoms with Gasteiger partial charge in [-0.25, -0.2) is 4.39 Å². The van der Waals surface area contributed by atoms with Crippen LogP contribution in [0.3, 0.4) is 0 Å². The normalized spacial score (nSPS) is 23.8. The fraction of sp³-hybridized carbons (Fsp3) is 0.462. The lowest BCUT2D eigenvalue weighted by Gasteiger charge is -2.27. The highest BCUT2D eigenvalue weighted by Crippen LogP contribution is 2.35. The number of nitrogens with two attached hydrogens (primary N) is 1. The zero-order valence-corrected chi connectivity index (χ0v) is 11.0. The summed E-state index contributed by atoms with van der Waals surface area (Å²) in [7, 11) is 0. The fourth-order valence-corrected chi connectivity index (χ4v) is 2.65. The smallest absolute Gasteiger partial charge is 0.224 e. The topological polar surface area (TPSA) is 46.3 Å². The van der Waals surface area contributed by atoms with Gasteiger partial charge in [0.05, 0.1) is 11.1 Å². The Morgan fingerprint density at radius 1 is 1.56 bits per heavy atom. The van der Waals surface area contributed by atoms with Gasteiger partial charge >= 0.3 is 0 Å². The minimum Gasteiger partial charge on any atom is -0.334 e. The van der Waals surface area contributed by atoms with Crippen LogP contribution < -0.4 is 5.73 Å². The lowest BCUT2D eigenvalue weighted by Crippen LogP contribution is -2.34. The molecule has 1 fully saturated rings. The highest BCUT2D eigenvalue weighted by Gasteiger charge is 2.39. The number of rotatable bonds is 3. The molecule has 18 heavy (non-hydrogen) atoms. The first kappa shape index (κ1) is 13.3. The van der Waals surface area contributed by atoms with Gasteiger partial charge in [0, 0.05) is 24.6 Å². The van der Waals surface area contributed by atoms with E-state index in [9.17, 15) is 9.18 Å². The molecule has 1 aromatic carbocycles. The maximum Gasteiger partial charge on any atom is 0.224 e. The molecule has 3 nitrogen and oxygen atoms in total. The molecular weight excluding hydrogens is 255 g/mol. The summed E-state index contributed by atoms with van der Waals surface area (Å²) >= 11 is 5.78. The summed E-state index contributed by atoms with van der Waals surface area (Å²) in [6.07, 6.45) is 1.08. The monoisotopic (exact) mass is 270 g/mol. The van der Waals surface area contributed by atoms with E-state index in [1.165, 1.54) is 6.07 Å². The van der Waals surface area contributed by atoms with Gasteiger partial charge in [0.25, 0.3) is 0 Å². The van der Waals surface area contributed by atoms with Gasteiger partial charge in [-0.2, -0.15) is 0 Å². The van der Waals surface area contributed by atoms with Crippen molar-refractivity contribution in [3.05, 3.63) is 34.6 Å². The summed E-state index contributed by atoms with van der Waals surface area (Å²) in [4.78, 5) is 13.5. The van der Waals surface area contributed by atoms with E-state index in [0.717, 1.165) is 6.42 Å². The molecule has 2 rings (SSSR count). The van der Waals surface area contributed by atoms with Gasteiger partial charge in [0.15, 0.2) is 0 Å². The number of nitrogens with zero attached hydrogens (tertiary/aromatic N) is 1. The molecule has 1 aliphatic heterocycles. The molecule has 1 saturated heterocycles. The number of likely N-dealkylation sites (tertiary alicyclic amines) is 1. The minimum absolute atomic E-state index is 0.0197. The molecule has 2 N–H and O–H groups in total. The molecule has 0 saturated carbocycles. The first-order valence-electron chi connectivity index (χ1n) is 6.05. The van der Waals surface area contributed by atoms with Crippen LogP contribution in [0.5, 0.6) is 0 Å². The average molecular weight is 271 g/mol. The van der Waals surface area contributed by atoms with Crippen molar-refractivity contribution >= 4 is 17.5 Å². The van der Waals surface area contributed by atoms with E-state index >= 15 is 0 Å². The van der Waals surface area contributed by atoms with Crippen molar-refractivity contribution in [2.45, 2.75) is 31.8 Å². The van der Waals surface area contributed by atoms with Gasteiger partial charge in [0.1, 0.15) is 5.82 Å². The Bertz CT molecular complexity index is 466. The van der Waals surface area contributed by atoms with Crippen LogP contribution in [-0.2, 0) is 4.79 Å². The molecule has 2 unspecified atom stereocenters. The third kappa shape index (κ3) is 2.22. The Balaban J connectivity index is 2.40. The Hall–Kier alpha value is -1.13. The van der Waals surface area contributed by atoms with Crippen LogP contribution in [0.15, 0.2) is 18.2 Å². The van der Waals surface area contributed by atoms with Gasteiger partial charge in [-0.3, -0.25) is 4.79 Å². The summed E-state index contributed by atoms with van der Waals surface area (Å²) in [5, 5.41) is 0.0653. The number of halogens is 2. The molecule has 5 heteroatoms. The Morgan fingerprint density at radius 3 is 2.94 bits per heavy atom. The molecule has 98 valence electrons. The molecule has 1 aliphatic rings. The molecule has 0 radical (unpaired) electrons. The van der Waals surface area contributed by atoms with E-state index in [2.05, 4.69) is 0 Å². The summed E-state index contributed by atoms with van der Waals surface area (Å²) in [6, 6.07) is 4.04. The summed E-state index contributed by atoms with van der Waals surface area (Å²) in [5.41, 5.74) is 6.38. The first-order chi connectivity index (χ1) is 8.56. The predicted molar refractivity (Wildman–Crippen MR) is 68.7 cm³/mol. The molecule has 0 aromatic heterocycles. The van der Waals surface area contributed by atoms with Crippen molar-refractivity contribution < 1.29 is 9.18 Å². The van der Waals surface area contributed by atoms with Gasteiger partial charge in [-0.15, -0.1) is 0 Å². The van der Waals surface area contributed by atoms with Crippen molar-refractivity contribution in [1.82, 2.24) is 4.90 Å². The quantitative estimate of drug-likeness (QED) is 0.917.